The molecule has 0 spiro atoms. The van der Waals surface area contributed by atoms with Crippen LogP contribution in [-0.4, -0.2) is 92.6 Å². The van der Waals surface area contributed by atoms with Crippen molar-refractivity contribution in [3.05, 3.63) is 30.5 Å². The van der Waals surface area contributed by atoms with Crippen molar-refractivity contribution < 1.29 is 22.6 Å². The third-order valence-electron chi connectivity index (χ3n) is 6.57. The Morgan fingerprint density at radius 3 is 2.86 bits per heavy atom. The Hall–Kier alpha value is -3.45. The minimum absolute atomic E-state index is 0.0198. The molecule has 1 aromatic carbocycles. The molecule has 0 aliphatic carbocycles. The van der Waals surface area contributed by atoms with Crippen LogP contribution in [0, 0.1) is 0 Å². The van der Waals surface area contributed by atoms with Crippen LogP contribution in [0.4, 0.5) is 19.1 Å². The minimum atomic E-state index is -2.94. The molecule has 0 saturated carbocycles. The van der Waals surface area contributed by atoms with E-state index < -0.39 is 18.6 Å². The molecule has 1 N–H and O–H groups in total. The van der Waals surface area contributed by atoms with Crippen molar-refractivity contribution in [3.63, 3.8) is 0 Å². The van der Waals surface area contributed by atoms with Gasteiger partial charge in [-0.1, -0.05) is 11.3 Å². The third kappa shape index (κ3) is 3.74. The maximum Gasteiger partial charge on any atom is 0.281 e. The number of likely N-dealkylation sites (tertiary alicyclic amines) is 1. The lowest BCUT2D eigenvalue weighted by Gasteiger charge is -2.34. The summed E-state index contributed by atoms with van der Waals surface area (Å²) < 4.78 is 56.0. The van der Waals surface area contributed by atoms with Gasteiger partial charge in [-0.15, -0.1) is 10.2 Å². The summed E-state index contributed by atoms with van der Waals surface area (Å²) in [6.07, 6.45) is 1.71. The van der Waals surface area contributed by atoms with Gasteiger partial charge >= 0.3 is 0 Å². The fraction of sp³-hybridized carbons (Fsp3) is 0.455. The molecule has 6 rings (SSSR count). The van der Waals surface area contributed by atoms with Crippen molar-refractivity contribution in [2.24, 2.45) is 0 Å². The number of ether oxygens (including phenoxy) is 2. The number of rotatable bonds is 7. The molecule has 2 fully saturated rings. The van der Waals surface area contributed by atoms with Gasteiger partial charge < -0.3 is 14.8 Å². The van der Waals surface area contributed by atoms with Crippen LogP contribution in [0.3, 0.4) is 0 Å². The summed E-state index contributed by atoms with van der Waals surface area (Å²) in [5, 5.41) is 15.3. The molecule has 10 nitrogen and oxygen atoms in total. The summed E-state index contributed by atoms with van der Waals surface area (Å²) >= 11 is 0. The van der Waals surface area contributed by atoms with Crippen molar-refractivity contribution in [2.75, 3.05) is 45.4 Å². The molecule has 2 saturated heterocycles. The van der Waals surface area contributed by atoms with Gasteiger partial charge in [0.1, 0.15) is 23.7 Å². The van der Waals surface area contributed by atoms with E-state index in [1.165, 1.54) is 11.8 Å². The number of alkyl halides is 3. The van der Waals surface area contributed by atoms with Gasteiger partial charge in [-0.2, -0.15) is 4.98 Å². The molecule has 4 aromatic rings. The highest BCUT2D eigenvalue weighted by atomic mass is 19.3. The van der Waals surface area contributed by atoms with Crippen molar-refractivity contribution in [1.82, 2.24) is 34.5 Å². The van der Waals surface area contributed by atoms with Crippen molar-refractivity contribution in [2.45, 2.75) is 24.6 Å². The standard InChI is InChI=1S/C22H23F3N8O2/c1-34-20-19-15(13-2-3-16-17(8-13)32(7-5-23)30-28-16)4-6-33(19)29-21(27-20)26-18-9-31(12-22(18,24)25)14-10-35-11-14/h2-4,6,8,14,18H,5,7,9-12H2,1H3,(H,26,29)/t18-/m1/s1. The minimum Gasteiger partial charge on any atom is -0.479 e. The summed E-state index contributed by atoms with van der Waals surface area (Å²) in [6.45, 7) is 0.337. The Morgan fingerprint density at radius 1 is 1.26 bits per heavy atom. The van der Waals surface area contributed by atoms with Crippen molar-refractivity contribution in [1.29, 1.82) is 0 Å². The first-order valence-corrected chi connectivity index (χ1v) is 11.3. The number of anilines is 1. The van der Waals surface area contributed by atoms with Crippen LogP contribution in [0.15, 0.2) is 30.5 Å². The number of benzene rings is 1. The van der Waals surface area contributed by atoms with E-state index in [4.69, 9.17) is 9.47 Å². The molecule has 5 heterocycles. The van der Waals surface area contributed by atoms with E-state index in [1.54, 1.807) is 21.7 Å². The summed E-state index contributed by atoms with van der Waals surface area (Å²) in [6, 6.07) is 6.26. The van der Waals surface area contributed by atoms with Crippen LogP contribution in [0.2, 0.25) is 0 Å². The molecule has 184 valence electrons. The normalized spacial score (nSPS) is 20.5. The Kier molecular flexibility index (Phi) is 5.25. The highest BCUT2D eigenvalue weighted by Gasteiger charge is 2.51. The maximum atomic E-state index is 14.7. The van der Waals surface area contributed by atoms with Crippen molar-refractivity contribution in [3.8, 4) is 17.0 Å². The molecule has 3 aromatic heterocycles. The molecule has 13 heteroatoms. The Balaban J connectivity index is 1.33. The zero-order chi connectivity index (χ0) is 24.2. The number of hydrogen-bond donors (Lipinski definition) is 1. The van der Waals surface area contributed by atoms with Crippen LogP contribution in [-0.2, 0) is 11.3 Å². The lowest BCUT2D eigenvalue weighted by Crippen LogP contribution is -2.48. The average Bonchev–Trinajstić information content (AvgIpc) is 3.48. The molecule has 0 bridgehead atoms. The fourth-order valence-corrected chi connectivity index (χ4v) is 4.64. The Labute approximate surface area is 197 Å². The summed E-state index contributed by atoms with van der Waals surface area (Å²) in [5.41, 5.74) is 3.51. The molecule has 0 radical (unpaired) electrons. The van der Waals surface area contributed by atoms with E-state index in [2.05, 4.69) is 25.7 Å². The van der Waals surface area contributed by atoms with Gasteiger partial charge in [0.15, 0.2) is 0 Å². The highest BCUT2D eigenvalue weighted by molar-refractivity contribution is 5.89. The zero-order valence-electron chi connectivity index (χ0n) is 18.9. The summed E-state index contributed by atoms with van der Waals surface area (Å²) in [5.74, 6) is -2.65. The largest absolute Gasteiger partial charge is 0.479 e. The number of aryl methyl sites for hydroxylation is 1. The van der Waals surface area contributed by atoms with Crippen LogP contribution < -0.4 is 10.1 Å². The van der Waals surface area contributed by atoms with Crippen LogP contribution >= 0.6 is 0 Å². The number of hydrogen-bond acceptors (Lipinski definition) is 8. The molecule has 1 atom stereocenters. The number of nitrogens with zero attached hydrogens (tertiary/aromatic N) is 7. The second kappa shape index (κ2) is 8.34. The SMILES string of the molecule is COc1nc(N[C@@H]2CN(C3COC3)CC2(F)F)nn2ccc(-c3ccc4nnn(CCF)c4c3)c12. The molecular formula is C22H23F3N8O2. The molecule has 2 aliphatic heterocycles. The van der Waals surface area contributed by atoms with E-state index in [0.717, 1.165) is 11.1 Å². The average molecular weight is 488 g/mol. The Morgan fingerprint density at radius 2 is 2.11 bits per heavy atom. The first kappa shape index (κ1) is 22.0. The van der Waals surface area contributed by atoms with Crippen LogP contribution in [0.25, 0.3) is 27.7 Å². The predicted molar refractivity (Wildman–Crippen MR) is 121 cm³/mol. The zero-order valence-corrected chi connectivity index (χ0v) is 18.9. The van der Waals surface area contributed by atoms with Gasteiger partial charge in [0, 0.05) is 18.3 Å². The highest BCUT2D eigenvalue weighted by Crippen LogP contribution is 2.35. The van der Waals surface area contributed by atoms with Gasteiger partial charge in [0.05, 0.1) is 45.0 Å². The van der Waals surface area contributed by atoms with Gasteiger partial charge in [0.25, 0.3) is 5.92 Å². The molecule has 0 amide bonds. The third-order valence-corrected chi connectivity index (χ3v) is 6.57. The lowest BCUT2D eigenvalue weighted by molar-refractivity contribution is -0.0711. The first-order chi connectivity index (χ1) is 17.0. The second-order valence-electron chi connectivity index (χ2n) is 8.75. The number of halogens is 3. The molecule has 2 aliphatic rings. The first-order valence-electron chi connectivity index (χ1n) is 11.3. The maximum absolute atomic E-state index is 14.7. The Bertz CT molecular complexity index is 1390. The molecule has 0 unspecified atom stereocenters. The number of nitrogens with one attached hydrogen (secondary N) is 1. The molecular weight excluding hydrogens is 465 g/mol. The number of methoxy groups -OCH3 is 1. The van der Waals surface area contributed by atoms with Crippen LogP contribution in [0.5, 0.6) is 5.88 Å². The fourth-order valence-electron chi connectivity index (χ4n) is 4.64. The van der Waals surface area contributed by atoms with E-state index >= 15 is 0 Å². The van der Waals surface area contributed by atoms with E-state index in [0.29, 0.717) is 29.8 Å². The van der Waals surface area contributed by atoms with Gasteiger partial charge in [0.2, 0.25) is 11.8 Å². The lowest BCUT2D eigenvalue weighted by atomic mass is 10.1. The summed E-state index contributed by atoms with van der Waals surface area (Å²) in [7, 11) is 1.47. The summed E-state index contributed by atoms with van der Waals surface area (Å²) in [4.78, 5) is 6.13. The van der Waals surface area contributed by atoms with Crippen LogP contribution in [0.1, 0.15) is 0 Å². The number of fused-ring (bicyclic) bond motifs is 2. The van der Waals surface area contributed by atoms with E-state index in [1.807, 2.05) is 18.2 Å². The van der Waals surface area contributed by atoms with Gasteiger partial charge in [-0.05, 0) is 23.8 Å². The smallest absolute Gasteiger partial charge is 0.281 e. The molecule has 35 heavy (non-hydrogen) atoms. The van der Waals surface area contributed by atoms with Gasteiger partial charge in [-0.25, -0.2) is 22.4 Å². The van der Waals surface area contributed by atoms with E-state index in [-0.39, 0.29) is 37.5 Å². The number of aromatic nitrogens is 6. The predicted octanol–water partition coefficient (Wildman–Crippen LogP) is 2.25. The topological polar surface area (TPSA) is 94.6 Å². The van der Waals surface area contributed by atoms with Crippen molar-refractivity contribution >= 4 is 22.5 Å². The second-order valence-corrected chi connectivity index (χ2v) is 8.75. The van der Waals surface area contributed by atoms with Gasteiger partial charge in [-0.3, -0.25) is 4.90 Å². The van der Waals surface area contributed by atoms with E-state index in [9.17, 15) is 13.2 Å². The monoisotopic (exact) mass is 488 g/mol. The quantitative estimate of drug-likeness (QED) is 0.424.